The Hall–Kier alpha value is -1.93. The molecule has 0 saturated heterocycles. The Morgan fingerprint density at radius 2 is 2.30 bits per heavy atom. The summed E-state index contributed by atoms with van der Waals surface area (Å²) in [5.74, 6) is 1.15. The number of amides is 2. The third-order valence-electron chi connectivity index (χ3n) is 2.60. The fourth-order valence-electron chi connectivity index (χ4n) is 1.71. The molecule has 0 bridgehead atoms. The number of benzene rings is 1. The number of ether oxygens (including phenoxy) is 1. The van der Waals surface area contributed by atoms with Crippen LogP contribution in [0.1, 0.15) is 13.8 Å². The highest BCUT2D eigenvalue weighted by Gasteiger charge is 2.12. The van der Waals surface area contributed by atoms with E-state index in [0.717, 1.165) is 5.03 Å². The van der Waals surface area contributed by atoms with Gasteiger partial charge >= 0.3 is 6.03 Å². The molecule has 0 atom stereocenters. The first-order chi connectivity index (χ1) is 11.1. The van der Waals surface area contributed by atoms with Gasteiger partial charge in [0.05, 0.1) is 23.0 Å². The zero-order chi connectivity index (χ0) is 16.7. The van der Waals surface area contributed by atoms with Crippen LogP contribution in [-0.2, 0) is 0 Å². The van der Waals surface area contributed by atoms with Crippen molar-refractivity contribution >= 4 is 35.1 Å². The van der Waals surface area contributed by atoms with Crippen molar-refractivity contribution in [2.24, 2.45) is 0 Å². The maximum absolute atomic E-state index is 12.0. The Morgan fingerprint density at radius 1 is 1.48 bits per heavy atom. The minimum atomic E-state index is -0.318. The van der Waals surface area contributed by atoms with Crippen LogP contribution in [0, 0.1) is 0 Å². The molecule has 1 aromatic heterocycles. The number of urea groups is 1. The maximum atomic E-state index is 12.0. The van der Waals surface area contributed by atoms with E-state index in [9.17, 15) is 4.79 Å². The minimum absolute atomic E-state index is 0.0441. The van der Waals surface area contributed by atoms with Crippen LogP contribution in [-0.4, -0.2) is 39.8 Å². The van der Waals surface area contributed by atoms with Gasteiger partial charge in [0.2, 0.25) is 0 Å². The first kappa shape index (κ1) is 17.4. The molecule has 1 aromatic carbocycles. The molecule has 0 spiro atoms. The largest absolute Gasteiger partial charge is 0.487 e. The van der Waals surface area contributed by atoms with Crippen molar-refractivity contribution in [2.75, 3.05) is 17.6 Å². The summed E-state index contributed by atoms with van der Waals surface area (Å²) in [6.07, 6.45) is 1.59. The van der Waals surface area contributed by atoms with Crippen LogP contribution in [0.3, 0.4) is 0 Å². The number of carbonyl (C=O) groups is 1. The number of anilines is 1. The smallest absolute Gasteiger partial charge is 0.319 e. The number of hydrogen-bond acceptors (Lipinski definition) is 5. The van der Waals surface area contributed by atoms with Gasteiger partial charge in [0.15, 0.2) is 5.75 Å². The molecule has 3 N–H and O–H groups in total. The van der Waals surface area contributed by atoms with Gasteiger partial charge in [-0.15, -0.1) is 16.9 Å². The second kappa shape index (κ2) is 8.64. The number of rotatable bonds is 7. The van der Waals surface area contributed by atoms with Crippen molar-refractivity contribution in [3.63, 3.8) is 0 Å². The topological polar surface area (TPSA) is 91.9 Å². The number of halogens is 1. The van der Waals surface area contributed by atoms with Crippen LogP contribution in [0.4, 0.5) is 10.5 Å². The zero-order valence-corrected chi connectivity index (χ0v) is 14.4. The number of aromatic amines is 1. The van der Waals surface area contributed by atoms with Crippen molar-refractivity contribution in [3.05, 3.63) is 29.4 Å². The SMILES string of the molecule is CC(C)Oc1c(Cl)cccc1NC(=O)NCCSc1cn[nH]n1. The Bertz CT molecular complexity index is 636. The number of nitrogens with one attached hydrogen (secondary N) is 3. The van der Waals surface area contributed by atoms with Crippen molar-refractivity contribution < 1.29 is 9.53 Å². The van der Waals surface area contributed by atoms with E-state index in [4.69, 9.17) is 16.3 Å². The lowest BCUT2D eigenvalue weighted by Crippen LogP contribution is -2.30. The maximum Gasteiger partial charge on any atom is 0.319 e. The molecule has 2 amide bonds. The molecule has 0 unspecified atom stereocenters. The Kier molecular flexibility index (Phi) is 6.54. The average Bonchev–Trinajstić information content (AvgIpc) is 3.00. The zero-order valence-electron chi connectivity index (χ0n) is 12.8. The summed E-state index contributed by atoms with van der Waals surface area (Å²) in [7, 11) is 0. The molecule has 0 aliphatic carbocycles. The van der Waals surface area contributed by atoms with E-state index in [1.54, 1.807) is 24.4 Å². The van der Waals surface area contributed by atoms with Crippen LogP contribution >= 0.6 is 23.4 Å². The number of nitrogens with zero attached hydrogens (tertiary/aromatic N) is 2. The summed E-state index contributed by atoms with van der Waals surface area (Å²) < 4.78 is 5.65. The van der Waals surface area contributed by atoms with Crippen LogP contribution in [0.2, 0.25) is 5.02 Å². The van der Waals surface area contributed by atoms with Crippen LogP contribution in [0.5, 0.6) is 5.75 Å². The average molecular weight is 356 g/mol. The van der Waals surface area contributed by atoms with Gasteiger partial charge in [0.25, 0.3) is 0 Å². The summed E-state index contributed by atoms with van der Waals surface area (Å²) in [5, 5.41) is 16.9. The number of para-hydroxylation sites is 1. The lowest BCUT2D eigenvalue weighted by molar-refractivity contribution is 0.242. The number of aromatic nitrogens is 3. The van der Waals surface area contributed by atoms with Gasteiger partial charge in [-0.3, -0.25) is 0 Å². The van der Waals surface area contributed by atoms with Gasteiger partial charge in [0.1, 0.15) is 5.03 Å². The van der Waals surface area contributed by atoms with Gasteiger partial charge in [0, 0.05) is 12.3 Å². The number of thioether (sulfide) groups is 1. The second-order valence-corrected chi connectivity index (χ2v) is 6.34. The molecule has 0 radical (unpaired) electrons. The summed E-state index contributed by atoms with van der Waals surface area (Å²) in [6, 6.07) is 4.90. The standard InChI is InChI=1S/C14H18ClN5O2S/c1-9(2)22-13-10(15)4-3-5-11(13)18-14(21)16-6-7-23-12-8-17-20-19-12/h3-5,8-9H,6-7H2,1-2H3,(H2,16,18,21)(H,17,19,20). The Balaban J connectivity index is 1.83. The lowest BCUT2D eigenvalue weighted by atomic mass is 10.3. The molecule has 7 nitrogen and oxygen atoms in total. The van der Waals surface area contributed by atoms with Crippen LogP contribution in [0.25, 0.3) is 0 Å². The highest BCUT2D eigenvalue weighted by atomic mass is 35.5. The third kappa shape index (κ3) is 5.65. The number of hydrogen-bond donors (Lipinski definition) is 3. The Labute approximate surface area is 143 Å². The molecule has 1 heterocycles. The van der Waals surface area contributed by atoms with E-state index in [1.165, 1.54) is 11.8 Å². The number of carbonyl (C=O) groups excluding carboxylic acids is 1. The van der Waals surface area contributed by atoms with E-state index in [-0.39, 0.29) is 12.1 Å². The fourth-order valence-corrected chi connectivity index (χ4v) is 2.58. The van der Waals surface area contributed by atoms with E-state index in [2.05, 4.69) is 26.0 Å². The van der Waals surface area contributed by atoms with Gasteiger partial charge < -0.3 is 15.4 Å². The van der Waals surface area contributed by atoms with Gasteiger partial charge in [-0.1, -0.05) is 17.7 Å². The fraction of sp³-hybridized carbons (Fsp3) is 0.357. The second-order valence-electron chi connectivity index (χ2n) is 4.82. The summed E-state index contributed by atoms with van der Waals surface area (Å²) in [6.45, 7) is 4.28. The van der Waals surface area contributed by atoms with Crippen molar-refractivity contribution in [1.82, 2.24) is 20.7 Å². The molecule has 0 aliphatic rings. The van der Waals surface area contributed by atoms with Gasteiger partial charge in [-0.2, -0.15) is 10.3 Å². The normalized spacial score (nSPS) is 10.6. The molecular weight excluding hydrogens is 338 g/mol. The van der Waals surface area contributed by atoms with Crippen LogP contribution < -0.4 is 15.4 Å². The van der Waals surface area contributed by atoms with Crippen molar-refractivity contribution in [3.8, 4) is 5.75 Å². The molecule has 0 fully saturated rings. The summed E-state index contributed by atoms with van der Waals surface area (Å²) >= 11 is 7.62. The van der Waals surface area contributed by atoms with Gasteiger partial charge in [-0.05, 0) is 26.0 Å². The highest BCUT2D eigenvalue weighted by Crippen LogP contribution is 2.33. The van der Waals surface area contributed by atoms with E-state index < -0.39 is 0 Å². The van der Waals surface area contributed by atoms with Crippen molar-refractivity contribution in [2.45, 2.75) is 25.0 Å². The first-order valence-corrected chi connectivity index (χ1v) is 8.41. The Morgan fingerprint density at radius 3 is 3.00 bits per heavy atom. The molecule has 23 heavy (non-hydrogen) atoms. The molecule has 0 aliphatic heterocycles. The summed E-state index contributed by atoms with van der Waals surface area (Å²) in [5.41, 5.74) is 0.535. The summed E-state index contributed by atoms with van der Waals surface area (Å²) in [4.78, 5) is 12.0. The third-order valence-corrected chi connectivity index (χ3v) is 3.80. The molecule has 2 rings (SSSR count). The predicted octanol–water partition coefficient (Wildman–Crippen LogP) is 3.16. The highest BCUT2D eigenvalue weighted by molar-refractivity contribution is 7.99. The minimum Gasteiger partial charge on any atom is -0.487 e. The van der Waals surface area contributed by atoms with E-state index >= 15 is 0 Å². The lowest BCUT2D eigenvalue weighted by Gasteiger charge is -2.16. The molecule has 9 heteroatoms. The molecule has 2 aromatic rings. The van der Waals surface area contributed by atoms with E-state index in [0.29, 0.717) is 28.8 Å². The van der Waals surface area contributed by atoms with Gasteiger partial charge in [-0.25, -0.2) is 4.79 Å². The van der Waals surface area contributed by atoms with E-state index in [1.807, 2.05) is 13.8 Å². The van der Waals surface area contributed by atoms with Crippen molar-refractivity contribution in [1.29, 1.82) is 0 Å². The number of H-pyrrole nitrogens is 1. The van der Waals surface area contributed by atoms with Crippen LogP contribution in [0.15, 0.2) is 29.4 Å². The quantitative estimate of drug-likeness (QED) is 0.524. The molecule has 0 saturated carbocycles. The molecular formula is C14H18ClN5O2S. The monoisotopic (exact) mass is 355 g/mol. The first-order valence-electron chi connectivity index (χ1n) is 7.05. The molecule has 124 valence electrons. The predicted molar refractivity (Wildman–Crippen MR) is 91.3 cm³/mol.